The number of nitriles is 1. The largest absolute Gasteiger partial charge is 0.497 e. The minimum atomic E-state index is -0.701. The number of hydrogen-bond acceptors (Lipinski definition) is 6. The first kappa shape index (κ1) is 16.5. The molecule has 0 aliphatic carbocycles. The molecule has 0 heterocycles. The van der Waals surface area contributed by atoms with Crippen LogP contribution >= 0.6 is 0 Å². The normalized spacial score (nSPS) is 10.7. The third kappa shape index (κ3) is 4.82. The molecule has 0 aliphatic heterocycles. The Labute approximate surface area is 123 Å². The van der Waals surface area contributed by atoms with Crippen LogP contribution in [0.3, 0.4) is 0 Å². The van der Waals surface area contributed by atoms with E-state index in [9.17, 15) is 4.79 Å². The van der Waals surface area contributed by atoms with Gasteiger partial charge in [0.15, 0.2) is 0 Å². The van der Waals surface area contributed by atoms with Gasteiger partial charge in [0.2, 0.25) is 0 Å². The Morgan fingerprint density at radius 2 is 2.00 bits per heavy atom. The van der Waals surface area contributed by atoms with E-state index in [0.29, 0.717) is 17.1 Å². The van der Waals surface area contributed by atoms with E-state index in [1.165, 1.54) is 27.4 Å². The highest BCUT2D eigenvalue weighted by molar-refractivity contribution is 5.98. The second-order valence-corrected chi connectivity index (χ2v) is 3.91. The van der Waals surface area contributed by atoms with Gasteiger partial charge in [-0.05, 0) is 18.2 Å². The van der Waals surface area contributed by atoms with Crippen molar-refractivity contribution in [3.05, 3.63) is 29.3 Å². The minimum absolute atomic E-state index is 0.0914. The Bertz CT molecular complexity index is 560. The first-order valence-electron chi connectivity index (χ1n) is 6.16. The summed E-state index contributed by atoms with van der Waals surface area (Å²) in [6, 6.07) is 6.88. The summed E-state index contributed by atoms with van der Waals surface area (Å²) in [7, 11) is 4.53. The fraction of sp³-hybridized carbons (Fsp3) is 0.333. The Kier molecular flexibility index (Phi) is 6.78. The fourth-order valence-corrected chi connectivity index (χ4v) is 1.53. The van der Waals surface area contributed by atoms with Crippen molar-refractivity contribution in [2.75, 3.05) is 34.5 Å². The molecular weight excluding hydrogens is 274 g/mol. The van der Waals surface area contributed by atoms with Gasteiger partial charge < -0.3 is 18.9 Å². The van der Waals surface area contributed by atoms with E-state index in [0.717, 1.165) is 0 Å². The maximum atomic E-state index is 11.7. The Hall–Kier alpha value is -2.52. The second kappa shape index (κ2) is 8.61. The summed E-state index contributed by atoms with van der Waals surface area (Å²) in [6.07, 6.45) is 1.41. The molecule has 1 aromatic rings. The molecule has 0 saturated heterocycles. The Balaban J connectivity index is 2.97. The lowest BCUT2D eigenvalue weighted by Crippen LogP contribution is -2.11. The zero-order valence-corrected chi connectivity index (χ0v) is 12.2. The van der Waals surface area contributed by atoms with Crippen LogP contribution in [0.5, 0.6) is 11.5 Å². The van der Waals surface area contributed by atoms with Crippen molar-refractivity contribution in [2.45, 2.75) is 0 Å². The van der Waals surface area contributed by atoms with Crippen LogP contribution in [-0.2, 0) is 14.3 Å². The zero-order chi connectivity index (χ0) is 15.7. The maximum absolute atomic E-state index is 11.7. The third-order valence-electron chi connectivity index (χ3n) is 2.60. The summed E-state index contributed by atoms with van der Waals surface area (Å²) >= 11 is 0. The summed E-state index contributed by atoms with van der Waals surface area (Å²) in [5, 5.41) is 9.06. The first-order valence-corrected chi connectivity index (χ1v) is 6.16. The molecule has 0 saturated carbocycles. The van der Waals surface area contributed by atoms with Gasteiger partial charge in [0.25, 0.3) is 0 Å². The number of methoxy groups -OCH3 is 3. The lowest BCUT2D eigenvalue weighted by Gasteiger charge is -2.08. The highest BCUT2D eigenvalue weighted by Gasteiger charge is 2.12. The molecule has 0 aromatic heterocycles. The quantitative estimate of drug-likeness (QED) is 0.330. The second-order valence-electron chi connectivity index (χ2n) is 3.91. The highest BCUT2D eigenvalue weighted by atomic mass is 16.6. The highest BCUT2D eigenvalue weighted by Crippen LogP contribution is 2.26. The van der Waals surface area contributed by atoms with E-state index < -0.39 is 5.97 Å². The van der Waals surface area contributed by atoms with E-state index in [1.54, 1.807) is 18.2 Å². The van der Waals surface area contributed by atoms with Crippen LogP contribution in [0.1, 0.15) is 5.56 Å². The van der Waals surface area contributed by atoms with Crippen LogP contribution in [0.2, 0.25) is 0 Å². The van der Waals surface area contributed by atoms with Gasteiger partial charge in [0.1, 0.15) is 29.7 Å². The molecule has 0 N–H and O–H groups in total. The van der Waals surface area contributed by atoms with Crippen LogP contribution in [0, 0.1) is 11.3 Å². The predicted octanol–water partition coefficient (Wildman–Crippen LogP) is 1.80. The van der Waals surface area contributed by atoms with Crippen LogP contribution in [0.15, 0.2) is 23.8 Å². The average molecular weight is 291 g/mol. The summed E-state index contributed by atoms with van der Waals surface area (Å²) in [5.74, 6) is 0.407. The van der Waals surface area contributed by atoms with Crippen LogP contribution in [0.25, 0.3) is 6.08 Å². The topological polar surface area (TPSA) is 77.8 Å². The SMILES string of the molecule is COCCOC(=O)/C(C#N)=C/c1ccc(OC)cc1OC. The van der Waals surface area contributed by atoms with Gasteiger partial charge in [-0.25, -0.2) is 4.79 Å². The Morgan fingerprint density at radius 3 is 2.57 bits per heavy atom. The lowest BCUT2D eigenvalue weighted by atomic mass is 10.1. The molecule has 0 spiro atoms. The monoisotopic (exact) mass is 291 g/mol. The lowest BCUT2D eigenvalue weighted by molar-refractivity contribution is -0.139. The minimum Gasteiger partial charge on any atom is -0.497 e. The van der Waals surface area contributed by atoms with Crippen molar-refractivity contribution >= 4 is 12.0 Å². The van der Waals surface area contributed by atoms with Gasteiger partial charge in [-0.2, -0.15) is 5.26 Å². The molecule has 1 aromatic carbocycles. The first-order chi connectivity index (χ1) is 10.2. The Morgan fingerprint density at radius 1 is 1.24 bits per heavy atom. The molecule has 6 heteroatoms. The van der Waals surface area contributed by atoms with Gasteiger partial charge in [-0.1, -0.05) is 0 Å². The van der Waals surface area contributed by atoms with Crippen LogP contribution in [0.4, 0.5) is 0 Å². The summed E-state index contributed by atoms with van der Waals surface area (Å²) in [6.45, 7) is 0.365. The fourth-order valence-electron chi connectivity index (χ4n) is 1.53. The van der Waals surface area contributed by atoms with Gasteiger partial charge in [-0.15, -0.1) is 0 Å². The molecule has 6 nitrogen and oxygen atoms in total. The smallest absolute Gasteiger partial charge is 0.348 e. The number of benzene rings is 1. The summed E-state index contributed by atoms with van der Waals surface area (Å²) < 4.78 is 20.0. The van der Waals surface area contributed by atoms with Crippen LogP contribution < -0.4 is 9.47 Å². The predicted molar refractivity (Wildman–Crippen MR) is 76.0 cm³/mol. The standard InChI is InChI=1S/C15H17NO5/c1-18-6-7-21-15(17)12(10-16)8-11-4-5-13(19-2)9-14(11)20-3/h4-5,8-9H,6-7H2,1-3H3/b12-8+. The van der Waals surface area contributed by atoms with E-state index in [2.05, 4.69) is 0 Å². The van der Waals surface area contributed by atoms with E-state index in [4.69, 9.17) is 24.2 Å². The molecule has 21 heavy (non-hydrogen) atoms. The van der Waals surface area contributed by atoms with E-state index in [-0.39, 0.29) is 18.8 Å². The number of ether oxygens (including phenoxy) is 4. The van der Waals surface area contributed by atoms with E-state index in [1.807, 2.05) is 6.07 Å². The van der Waals surface area contributed by atoms with Crippen molar-refractivity contribution in [2.24, 2.45) is 0 Å². The molecule has 1 rings (SSSR count). The van der Waals surface area contributed by atoms with Crippen molar-refractivity contribution in [1.82, 2.24) is 0 Å². The molecule has 0 fully saturated rings. The van der Waals surface area contributed by atoms with Crippen molar-refractivity contribution in [3.63, 3.8) is 0 Å². The number of nitrogens with zero attached hydrogens (tertiary/aromatic N) is 1. The molecule has 0 aliphatic rings. The van der Waals surface area contributed by atoms with Crippen molar-refractivity contribution < 1.29 is 23.7 Å². The number of carbonyl (C=O) groups excluding carboxylic acids is 1. The van der Waals surface area contributed by atoms with Gasteiger partial charge >= 0.3 is 5.97 Å². The molecular formula is C15H17NO5. The number of carbonyl (C=O) groups is 1. The van der Waals surface area contributed by atoms with Gasteiger partial charge in [0, 0.05) is 18.7 Å². The molecule has 0 unspecified atom stereocenters. The van der Waals surface area contributed by atoms with Crippen molar-refractivity contribution in [3.8, 4) is 17.6 Å². The van der Waals surface area contributed by atoms with Crippen molar-refractivity contribution in [1.29, 1.82) is 5.26 Å². The molecule has 112 valence electrons. The zero-order valence-electron chi connectivity index (χ0n) is 12.2. The molecule has 0 atom stereocenters. The van der Waals surface area contributed by atoms with Gasteiger partial charge in [0.05, 0.1) is 20.8 Å². The summed E-state index contributed by atoms with van der Waals surface area (Å²) in [4.78, 5) is 11.7. The van der Waals surface area contributed by atoms with E-state index >= 15 is 0 Å². The molecule has 0 bridgehead atoms. The van der Waals surface area contributed by atoms with Gasteiger partial charge in [-0.3, -0.25) is 0 Å². The number of rotatable bonds is 7. The summed E-state index contributed by atoms with van der Waals surface area (Å²) in [5.41, 5.74) is 0.466. The maximum Gasteiger partial charge on any atom is 0.348 e. The third-order valence-corrected chi connectivity index (χ3v) is 2.60. The molecule has 0 amide bonds. The molecule has 0 radical (unpaired) electrons. The average Bonchev–Trinajstić information content (AvgIpc) is 2.52. The van der Waals surface area contributed by atoms with Crippen LogP contribution in [-0.4, -0.2) is 40.5 Å². The number of esters is 1. The number of hydrogen-bond donors (Lipinski definition) is 0.